The summed E-state index contributed by atoms with van der Waals surface area (Å²) in [6, 6.07) is 20.5. The molecule has 0 aliphatic carbocycles. The summed E-state index contributed by atoms with van der Waals surface area (Å²) in [6.07, 6.45) is 0. The number of anilines is 1. The minimum absolute atomic E-state index is 0.0515. The average molecular weight is 412 g/mol. The van der Waals surface area contributed by atoms with Crippen LogP contribution in [-0.2, 0) is 21.4 Å². The van der Waals surface area contributed by atoms with Crippen LogP contribution in [0.25, 0.3) is 0 Å². The van der Waals surface area contributed by atoms with Crippen molar-refractivity contribution >= 4 is 21.6 Å². The largest absolute Gasteiger partial charge is 0.350 e. The van der Waals surface area contributed by atoms with Gasteiger partial charge in [0.15, 0.2) is 0 Å². The third kappa shape index (κ3) is 5.20. The highest BCUT2D eigenvalue weighted by atomic mass is 32.2. The first-order chi connectivity index (χ1) is 13.9. The molecule has 0 saturated heterocycles. The van der Waals surface area contributed by atoms with Gasteiger partial charge in [-0.1, -0.05) is 48.0 Å². The zero-order valence-corrected chi connectivity index (χ0v) is 16.7. The van der Waals surface area contributed by atoms with E-state index in [0.29, 0.717) is 0 Å². The quantitative estimate of drug-likeness (QED) is 0.644. The smallest absolute Gasteiger partial charge is 0.264 e. The van der Waals surface area contributed by atoms with Crippen molar-refractivity contribution < 1.29 is 17.6 Å². The Kier molecular flexibility index (Phi) is 6.29. The predicted octanol–water partition coefficient (Wildman–Crippen LogP) is 3.65. The van der Waals surface area contributed by atoms with Crippen molar-refractivity contribution in [2.24, 2.45) is 0 Å². The second-order valence-electron chi connectivity index (χ2n) is 6.56. The van der Waals surface area contributed by atoms with Gasteiger partial charge in [0.2, 0.25) is 5.91 Å². The number of hydrogen-bond acceptors (Lipinski definition) is 3. The third-order valence-corrected chi connectivity index (χ3v) is 6.13. The summed E-state index contributed by atoms with van der Waals surface area (Å²) in [4.78, 5) is 12.6. The maximum Gasteiger partial charge on any atom is 0.264 e. The Hall–Kier alpha value is -3.19. The molecule has 29 heavy (non-hydrogen) atoms. The molecule has 7 heteroatoms. The van der Waals surface area contributed by atoms with Crippen LogP contribution in [0, 0.1) is 12.7 Å². The maximum absolute atomic E-state index is 13.3. The molecule has 5 nitrogen and oxygen atoms in total. The lowest BCUT2D eigenvalue weighted by molar-refractivity contribution is -0.119. The van der Waals surface area contributed by atoms with Crippen molar-refractivity contribution in [2.45, 2.75) is 18.4 Å². The Morgan fingerprint density at radius 3 is 2.17 bits per heavy atom. The summed E-state index contributed by atoms with van der Waals surface area (Å²) in [6.45, 7) is 1.83. The lowest BCUT2D eigenvalue weighted by Gasteiger charge is -2.24. The van der Waals surface area contributed by atoms with Gasteiger partial charge in [-0.2, -0.15) is 0 Å². The number of nitrogens with one attached hydrogen (secondary N) is 1. The first-order valence-corrected chi connectivity index (χ1v) is 10.5. The van der Waals surface area contributed by atoms with E-state index in [1.54, 1.807) is 18.2 Å². The number of benzene rings is 3. The maximum atomic E-state index is 13.3. The molecule has 0 aliphatic rings. The van der Waals surface area contributed by atoms with Crippen LogP contribution < -0.4 is 9.62 Å². The standard InChI is InChI=1S/C22H21FN2O3S/c1-17-7-9-18(10-8-17)15-24-22(26)16-25(20-13-11-19(23)12-14-20)29(27,28)21-5-3-2-4-6-21/h2-14H,15-16H2,1H3,(H,24,26). The fourth-order valence-corrected chi connectivity index (χ4v) is 4.18. The fourth-order valence-electron chi connectivity index (χ4n) is 2.74. The van der Waals surface area contributed by atoms with E-state index in [0.717, 1.165) is 27.6 Å². The topological polar surface area (TPSA) is 66.5 Å². The monoisotopic (exact) mass is 412 g/mol. The fraction of sp³-hybridized carbons (Fsp3) is 0.136. The normalized spacial score (nSPS) is 11.1. The summed E-state index contributed by atoms with van der Waals surface area (Å²) in [5, 5.41) is 2.73. The molecule has 0 aromatic heterocycles. The van der Waals surface area contributed by atoms with Crippen molar-refractivity contribution in [3.05, 3.63) is 95.8 Å². The van der Waals surface area contributed by atoms with E-state index < -0.39 is 28.3 Å². The molecule has 3 rings (SSSR count). The van der Waals surface area contributed by atoms with Crippen molar-refractivity contribution in [2.75, 3.05) is 10.8 Å². The summed E-state index contributed by atoms with van der Waals surface area (Å²) < 4.78 is 40.5. The van der Waals surface area contributed by atoms with Crippen LogP contribution >= 0.6 is 0 Å². The third-order valence-electron chi connectivity index (χ3n) is 4.34. The van der Waals surface area contributed by atoms with Gasteiger partial charge in [-0.25, -0.2) is 12.8 Å². The molecule has 0 radical (unpaired) electrons. The molecule has 0 spiro atoms. The van der Waals surface area contributed by atoms with Crippen LogP contribution in [0.15, 0.2) is 83.8 Å². The van der Waals surface area contributed by atoms with Gasteiger partial charge >= 0.3 is 0 Å². The van der Waals surface area contributed by atoms with Gasteiger partial charge in [0.1, 0.15) is 12.4 Å². The van der Waals surface area contributed by atoms with E-state index in [1.807, 2.05) is 31.2 Å². The molecule has 150 valence electrons. The molecule has 0 atom stereocenters. The van der Waals surface area contributed by atoms with Crippen molar-refractivity contribution in [1.29, 1.82) is 0 Å². The van der Waals surface area contributed by atoms with Crippen LogP contribution in [0.5, 0.6) is 0 Å². The first-order valence-electron chi connectivity index (χ1n) is 9.02. The van der Waals surface area contributed by atoms with Gasteiger partial charge in [0, 0.05) is 6.54 Å². The van der Waals surface area contributed by atoms with Crippen LogP contribution in [0.3, 0.4) is 0 Å². The molecular formula is C22H21FN2O3S. The summed E-state index contributed by atoms with van der Waals surface area (Å²) in [7, 11) is -4.00. The minimum atomic E-state index is -4.00. The Balaban J connectivity index is 1.82. The Labute approximate surface area is 169 Å². The van der Waals surface area contributed by atoms with Gasteiger partial charge in [0.05, 0.1) is 10.6 Å². The second-order valence-corrected chi connectivity index (χ2v) is 8.43. The van der Waals surface area contributed by atoms with Gasteiger partial charge < -0.3 is 5.32 Å². The minimum Gasteiger partial charge on any atom is -0.350 e. The number of carbonyl (C=O) groups is 1. The van der Waals surface area contributed by atoms with E-state index in [4.69, 9.17) is 0 Å². The number of hydrogen-bond donors (Lipinski definition) is 1. The molecule has 3 aromatic rings. The summed E-state index contributed by atoms with van der Waals surface area (Å²) in [5.41, 5.74) is 2.22. The lowest BCUT2D eigenvalue weighted by atomic mass is 10.1. The Morgan fingerprint density at radius 1 is 0.931 bits per heavy atom. The van der Waals surface area contributed by atoms with E-state index in [9.17, 15) is 17.6 Å². The number of carbonyl (C=O) groups excluding carboxylic acids is 1. The van der Waals surface area contributed by atoms with Crippen LogP contribution in [0.4, 0.5) is 10.1 Å². The Morgan fingerprint density at radius 2 is 1.55 bits per heavy atom. The van der Waals surface area contributed by atoms with Crippen LogP contribution in [0.1, 0.15) is 11.1 Å². The zero-order valence-electron chi connectivity index (χ0n) is 15.9. The van der Waals surface area contributed by atoms with E-state index in [1.165, 1.54) is 24.3 Å². The molecule has 3 aromatic carbocycles. The zero-order chi connectivity index (χ0) is 20.9. The number of rotatable bonds is 7. The predicted molar refractivity (Wildman–Crippen MR) is 110 cm³/mol. The van der Waals surface area contributed by atoms with Crippen LogP contribution in [0.2, 0.25) is 0 Å². The van der Waals surface area contributed by atoms with Crippen molar-refractivity contribution in [1.82, 2.24) is 5.32 Å². The van der Waals surface area contributed by atoms with Crippen LogP contribution in [-0.4, -0.2) is 20.9 Å². The van der Waals surface area contributed by atoms with Crippen molar-refractivity contribution in [3.63, 3.8) is 0 Å². The molecule has 0 unspecified atom stereocenters. The van der Waals surface area contributed by atoms with E-state index >= 15 is 0 Å². The first kappa shape index (κ1) is 20.5. The average Bonchev–Trinajstić information content (AvgIpc) is 2.73. The van der Waals surface area contributed by atoms with Gasteiger partial charge in [-0.3, -0.25) is 9.10 Å². The van der Waals surface area contributed by atoms with Gasteiger partial charge in [-0.05, 0) is 48.9 Å². The molecule has 0 heterocycles. The Bertz CT molecular complexity index is 1070. The highest BCUT2D eigenvalue weighted by molar-refractivity contribution is 7.92. The number of sulfonamides is 1. The molecule has 1 N–H and O–H groups in total. The van der Waals surface area contributed by atoms with E-state index in [2.05, 4.69) is 5.32 Å². The molecule has 0 fully saturated rings. The number of aryl methyl sites for hydroxylation is 1. The number of halogens is 1. The molecular weight excluding hydrogens is 391 g/mol. The lowest BCUT2D eigenvalue weighted by Crippen LogP contribution is -2.40. The number of amides is 1. The highest BCUT2D eigenvalue weighted by Crippen LogP contribution is 2.23. The summed E-state index contributed by atoms with van der Waals surface area (Å²) in [5.74, 6) is -0.955. The SMILES string of the molecule is Cc1ccc(CNC(=O)CN(c2ccc(F)cc2)S(=O)(=O)c2ccccc2)cc1. The van der Waals surface area contributed by atoms with Gasteiger partial charge in [-0.15, -0.1) is 0 Å². The molecule has 0 aliphatic heterocycles. The van der Waals surface area contributed by atoms with Crippen molar-refractivity contribution in [3.8, 4) is 0 Å². The van der Waals surface area contributed by atoms with E-state index in [-0.39, 0.29) is 17.1 Å². The highest BCUT2D eigenvalue weighted by Gasteiger charge is 2.27. The molecule has 0 saturated carbocycles. The molecule has 1 amide bonds. The number of nitrogens with zero attached hydrogens (tertiary/aromatic N) is 1. The second kappa shape index (κ2) is 8.87. The molecule has 0 bridgehead atoms. The van der Waals surface area contributed by atoms with Gasteiger partial charge in [0.25, 0.3) is 10.0 Å². The summed E-state index contributed by atoms with van der Waals surface area (Å²) >= 11 is 0.